The third-order valence-corrected chi connectivity index (χ3v) is 2.88. The Morgan fingerprint density at radius 3 is 2.64 bits per heavy atom. The molecule has 1 N–H and O–H groups in total. The second kappa shape index (κ2) is 4.13. The monoisotopic (exact) mass is 197 g/mol. The van der Waals surface area contributed by atoms with Gasteiger partial charge in [-0.1, -0.05) is 5.57 Å². The molecule has 80 valence electrons. The number of rotatable bonds is 3. The topological polar surface area (TPSA) is 40.5 Å². The van der Waals surface area contributed by atoms with Gasteiger partial charge >= 0.3 is 5.97 Å². The quantitative estimate of drug-likeness (QED) is 0.702. The molecule has 3 heteroatoms. The molecule has 1 heterocycles. The first-order valence-corrected chi connectivity index (χ1v) is 5.07. The van der Waals surface area contributed by atoms with E-state index in [9.17, 15) is 4.79 Å². The largest absolute Gasteiger partial charge is 0.478 e. The maximum atomic E-state index is 10.4. The Kier molecular flexibility index (Phi) is 3.32. The summed E-state index contributed by atoms with van der Waals surface area (Å²) in [7, 11) is 0. The number of aliphatic carboxylic acids is 1. The lowest BCUT2D eigenvalue weighted by molar-refractivity contribution is -0.131. The molecule has 0 aromatic heterocycles. The summed E-state index contributed by atoms with van der Waals surface area (Å²) in [6.45, 7) is 8.17. The van der Waals surface area contributed by atoms with Crippen LogP contribution in [0.4, 0.5) is 0 Å². The lowest BCUT2D eigenvalue weighted by atomic mass is 10.0. The van der Waals surface area contributed by atoms with Crippen molar-refractivity contribution in [3.05, 3.63) is 11.6 Å². The van der Waals surface area contributed by atoms with E-state index in [1.807, 2.05) is 6.92 Å². The predicted molar refractivity (Wildman–Crippen MR) is 56.3 cm³/mol. The smallest absolute Gasteiger partial charge is 0.328 e. The molecule has 0 bridgehead atoms. The number of likely N-dealkylation sites (tertiary alicyclic amines) is 1. The molecule has 3 nitrogen and oxygen atoms in total. The van der Waals surface area contributed by atoms with Crippen molar-refractivity contribution in [2.75, 3.05) is 13.1 Å². The molecule has 1 aliphatic rings. The Morgan fingerprint density at radius 1 is 1.57 bits per heavy atom. The number of carbonyl (C=O) groups is 1. The standard InChI is InChI=1S/C11H19NO2/c1-9(7-10(13)14)8-12-6-4-5-11(12,2)3/h7H,4-6,8H2,1-3H3,(H,13,14). The third-order valence-electron chi connectivity index (χ3n) is 2.88. The summed E-state index contributed by atoms with van der Waals surface area (Å²) < 4.78 is 0. The van der Waals surface area contributed by atoms with Crippen molar-refractivity contribution in [2.45, 2.75) is 39.2 Å². The van der Waals surface area contributed by atoms with Crippen LogP contribution in [0.5, 0.6) is 0 Å². The van der Waals surface area contributed by atoms with Crippen molar-refractivity contribution in [3.8, 4) is 0 Å². The fraction of sp³-hybridized carbons (Fsp3) is 0.727. The summed E-state index contributed by atoms with van der Waals surface area (Å²) in [5.41, 5.74) is 1.15. The number of carboxylic acid groups (broad SMARTS) is 1. The van der Waals surface area contributed by atoms with E-state index < -0.39 is 5.97 Å². The number of hydrogen-bond donors (Lipinski definition) is 1. The van der Waals surface area contributed by atoms with Gasteiger partial charge in [-0.3, -0.25) is 4.90 Å². The molecular formula is C11H19NO2. The van der Waals surface area contributed by atoms with Gasteiger partial charge in [0.2, 0.25) is 0 Å². The van der Waals surface area contributed by atoms with Crippen LogP contribution in [0.25, 0.3) is 0 Å². The molecule has 1 fully saturated rings. The second-order valence-electron chi connectivity index (χ2n) is 4.67. The molecule has 1 saturated heterocycles. The second-order valence-corrected chi connectivity index (χ2v) is 4.67. The molecule has 0 radical (unpaired) electrons. The van der Waals surface area contributed by atoms with Crippen LogP contribution in [0.1, 0.15) is 33.6 Å². The van der Waals surface area contributed by atoms with Gasteiger partial charge in [0.1, 0.15) is 0 Å². The zero-order chi connectivity index (χ0) is 10.8. The van der Waals surface area contributed by atoms with E-state index in [1.165, 1.54) is 18.9 Å². The average Bonchev–Trinajstić information content (AvgIpc) is 2.29. The number of carboxylic acids is 1. The van der Waals surface area contributed by atoms with Crippen LogP contribution < -0.4 is 0 Å². The molecule has 0 amide bonds. The van der Waals surface area contributed by atoms with Crippen LogP contribution in [0, 0.1) is 0 Å². The van der Waals surface area contributed by atoms with E-state index in [0.717, 1.165) is 18.7 Å². The predicted octanol–water partition coefficient (Wildman–Crippen LogP) is 1.89. The molecule has 14 heavy (non-hydrogen) atoms. The van der Waals surface area contributed by atoms with Gasteiger partial charge in [-0.2, -0.15) is 0 Å². The molecule has 0 aromatic rings. The van der Waals surface area contributed by atoms with E-state index in [4.69, 9.17) is 5.11 Å². The van der Waals surface area contributed by atoms with Gasteiger partial charge in [-0.15, -0.1) is 0 Å². The Labute approximate surface area is 85.4 Å². The zero-order valence-corrected chi connectivity index (χ0v) is 9.21. The molecule has 0 aromatic carbocycles. The lowest BCUT2D eigenvalue weighted by Gasteiger charge is -2.31. The van der Waals surface area contributed by atoms with Crippen LogP contribution in [-0.2, 0) is 4.79 Å². The van der Waals surface area contributed by atoms with Crippen LogP contribution in [0.2, 0.25) is 0 Å². The molecular weight excluding hydrogens is 178 g/mol. The molecule has 0 spiro atoms. The molecule has 0 saturated carbocycles. The third kappa shape index (κ3) is 2.84. The van der Waals surface area contributed by atoms with Gasteiger partial charge in [0.25, 0.3) is 0 Å². The summed E-state index contributed by atoms with van der Waals surface area (Å²) in [6.07, 6.45) is 3.72. The fourth-order valence-corrected chi connectivity index (χ4v) is 2.01. The summed E-state index contributed by atoms with van der Waals surface area (Å²) >= 11 is 0. The summed E-state index contributed by atoms with van der Waals surface area (Å²) in [4.78, 5) is 12.8. The van der Waals surface area contributed by atoms with Crippen LogP contribution in [-0.4, -0.2) is 34.6 Å². The maximum Gasteiger partial charge on any atom is 0.328 e. The highest BCUT2D eigenvalue weighted by Crippen LogP contribution is 2.28. The van der Waals surface area contributed by atoms with Crippen molar-refractivity contribution < 1.29 is 9.90 Å². The minimum absolute atomic E-state index is 0.230. The van der Waals surface area contributed by atoms with Gasteiger partial charge in [-0.05, 0) is 40.2 Å². The Balaban J connectivity index is 2.56. The molecule has 1 rings (SSSR count). The van der Waals surface area contributed by atoms with Crippen molar-refractivity contribution in [1.29, 1.82) is 0 Å². The fourth-order valence-electron chi connectivity index (χ4n) is 2.01. The van der Waals surface area contributed by atoms with Gasteiger partial charge in [0, 0.05) is 18.2 Å². The van der Waals surface area contributed by atoms with Crippen LogP contribution >= 0.6 is 0 Å². The summed E-state index contributed by atoms with van der Waals surface area (Å²) in [5.74, 6) is -0.848. The van der Waals surface area contributed by atoms with E-state index in [2.05, 4.69) is 18.7 Å². The van der Waals surface area contributed by atoms with Crippen molar-refractivity contribution >= 4 is 5.97 Å². The zero-order valence-electron chi connectivity index (χ0n) is 9.21. The molecule has 0 atom stereocenters. The molecule has 0 aliphatic carbocycles. The Bertz CT molecular complexity index is 256. The molecule has 0 unspecified atom stereocenters. The lowest BCUT2D eigenvalue weighted by Crippen LogP contribution is -2.39. The highest BCUT2D eigenvalue weighted by atomic mass is 16.4. The van der Waals surface area contributed by atoms with E-state index in [0.29, 0.717) is 0 Å². The Morgan fingerprint density at radius 2 is 2.21 bits per heavy atom. The minimum Gasteiger partial charge on any atom is -0.478 e. The van der Waals surface area contributed by atoms with Gasteiger partial charge in [0.05, 0.1) is 0 Å². The van der Waals surface area contributed by atoms with E-state index in [1.54, 1.807) is 0 Å². The normalized spacial score (nSPS) is 22.6. The number of hydrogen-bond acceptors (Lipinski definition) is 2. The van der Waals surface area contributed by atoms with Crippen molar-refractivity contribution in [3.63, 3.8) is 0 Å². The van der Waals surface area contributed by atoms with Crippen molar-refractivity contribution in [1.82, 2.24) is 4.90 Å². The highest BCUT2D eigenvalue weighted by Gasteiger charge is 2.31. The minimum atomic E-state index is -0.848. The van der Waals surface area contributed by atoms with E-state index >= 15 is 0 Å². The highest BCUT2D eigenvalue weighted by molar-refractivity contribution is 5.80. The molecule has 1 aliphatic heterocycles. The maximum absolute atomic E-state index is 10.4. The van der Waals surface area contributed by atoms with Crippen molar-refractivity contribution in [2.24, 2.45) is 0 Å². The summed E-state index contributed by atoms with van der Waals surface area (Å²) in [5, 5.41) is 8.59. The van der Waals surface area contributed by atoms with E-state index in [-0.39, 0.29) is 5.54 Å². The first-order chi connectivity index (χ1) is 6.42. The first kappa shape index (κ1) is 11.2. The average molecular weight is 197 g/mol. The van der Waals surface area contributed by atoms with Crippen LogP contribution in [0.15, 0.2) is 11.6 Å². The van der Waals surface area contributed by atoms with Gasteiger partial charge in [0.15, 0.2) is 0 Å². The van der Waals surface area contributed by atoms with Gasteiger partial charge < -0.3 is 5.11 Å². The number of nitrogens with zero attached hydrogens (tertiary/aromatic N) is 1. The summed E-state index contributed by atoms with van der Waals surface area (Å²) in [6, 6.07) is 0. The Hall–Kier alpha value is -0.830. The SMILES string of the molecule is CC(=CC(=O)O)CN1CCCC1(C)C. The van der Waals surface area contributed by atoms with Gasteiger partial charge in [-0.25, -0.2) is 4.79 Å². The van der Waals surface area contributed by atoms with Crippen LogP contribution in [0.3, 0.4) is 0 Å². The first-order valence-electron chi connectivity index (χ1n) is 5.07.